The number of methoxy groups -OCH3 is 1. The molecular formula is C22H28O9. The van der Waals surface area contributed by atoms with Crippen molar-refractivity contribution in [1.29, 1.82) is 0 Å². The molecule has 3 N–H and O–H groups in total. The van der Waals surface area contributed by atoms with Crippen LogP contribution in [0.4, 0.5) is 0 Å². The third-order valence-electron chi connectivity index (χ3n) is 5.32. The van der Waals surface area contributed by atoms with E-state index in [-0.39, 0.29) is 30.1 Å². The average Bonchev–Trinajstić information content (AvgIpc) is 3.18. The van der Waals surface area contributed by atoms with Gasteiger partial charge in [0.05, 0.1) is 28.2 Å². The molecule has 0 aliphatic rings. The Kier molecular flexibility index (Phi) is 6.33. The van der Waals surface area contributed by atoms with Crippen LogP contribution in [-0.4, -0.2) is 59.1 Å². The maximum absolute atomic E-state index is 11.9. The van der Waals surface area contributed by atoms with Crippen molar-refractivity contribution in [3.8, 4) is 11.5 Å². The van der Waals surface area contributed by atoms with Gasteiger partial charge in [0.25, 0.3) is 0 Å². The Labute approximate surface area is 178 Å². The van der Waals surface area contributed by atoms with E-state index in [1.54, 1.807) is 19.9 Å². The number of furan rings is 1. The molecule has 0 fully saturated rings. The van der Waals surface area contributed by atoms with Gasteiger partial charge in [0.15, 0.2) is 11.2 Å². The highest BCUT2D eigenvalue weighted by Crippen LogP contribution is 2.43. The fourth-order valence-corrected chi connectivity index (χ4v) is 2.83. The lowest BCUT2D eigenvalue weighted by atomic mass is 10.0. The Morgan fingerprint density at radius 3 is 2.19 bits per heavy atom. The van der Waals surface area contributed by atoms with Gasteiger partial charge in [-0.3, -0.25) is 0 Å². The van der Waals surface area contributed by atoms with Crippen LogP contribution in [0.2, 0.25) is 0 Å². The van der Waals surface area contributed by atoms with Gasteiger partial charge < -0.3 is 38.4 Å². The Balaban J connectivity index is 2.07. The van der Waals surface area contributed by atoms with Crippen LogP contribution >= 0.6 is 0 Å². The fraction of sp³-hybridized carbons (Fsp3) is 0.500. The maximum Gasteiger partial charge on any atom is 0.336 e. The van der Waals surface area contributed by atoms with Crippen molar-refractivity contribution < 1.29 is 38.4 Å². The fourth-order valence-electron chi connectivity index (χ4n) is 2.83. The monoisotopic (exact) mass is 436 g/mol. The number of fused-ring (bicyclic) bond motifs is 2. The van der Waals surface area contributed by atoms with E-state index in [2.05, 4.69) is 0 Å². The highest BCUT2D eigenvalue weighted by molar-refractivity contribution is 6.06. The summed E-state index contributed by atoms with van der Waals surface area (Å²) in [6.45, 7) is 6.00. The van der Waals surface area contributed by atoms with Gasteiger partial charge in [-0.2, -0.15) is 0 Å². The molecule has 0 bridgehead atoms. The Bertz CT molecular complexity index is 1100. The molecule has 2 unspecified atom stereocenters. The molecule has 9 heteroatoms. The number of benzene rings is 1. The van der Waals surface area contributed by atoms with Gasteiger partial charge in [-0.25, -0.2) is 4.79 Å². The first-order valence-corrected chi connectivity index (χ1v) is 9.82. The third-order valence-corrected chi connectivity index (χ3v) is 5.32. The van der Waals surface area contributed by atoms with Gasteiger partial charge >= 0.3 is 5.63 Å². The van der Waals surface area contributed by atoms with Crippen molar-refractivity contribution in [2.75, 3.05) is 20.3 Å². The van der Waals surface area contributed by atoms with Crippen LogP contribution in [0.1, 0.15) is 27.7 Å². The van der Waals surface area contributed by atoms with Crippen molar-refractivity contribution in [3.05, 3.63) is 34.9 Å². The van der Waals surface area contributed by atoms with Crippen LogP contribution in [0.3, 0.4) is 0 Å². The maximum atomic E-state index is 11.9. The van der Waals surface area contributed by atoms with Crippen LogP contribution in [0.15, 0.2) is 38.1 Å². The molecule has 0 aliphatic carbocycles. The quantitative estimate of drug-likeness (QED) is 0.432. The molecule has 3 aromatic rings. The largest absolute Gasteiger partial charge is 0.489 e. The zero-order valence-corrected chi connectivity index (χ0v) is 18.2. The van der Waals surface area contributed by atoms with E-state index in [0.29, 0.717) is 16.5 Å². The van der Waals surface area contributed by atoms with Gasteiger partial charge in [0, 0.05) is 13.2 Å². The highest BCUT2D eigenvalue weighted by Gasteiger charge is 2.30. The smallest absolute Gasteiger partial charge is 0.336 e. The molecule has 0 aliphatic heterocycles. The van der Waals surface area contributed by atoms with Crippen molar-refractivity contribution in [1.82, 2.24) is 0 Å². The van der Waals surface area contributed by atoms with Crippen LogP contribution in [0.5, 0.6) is 11.5 Å². The van der Waals surface area contributed by atoms with Gasteiger partial charge in [-0.15, -0.1) is 0 Å². The summed E-state index contributed by atoms with van der Waals surface area (Å²) in [6, 6.07) is 4.42. The Morgan fingerprint density at radius 2 is 1.55 bits per heavy atom. The minimum absolute atomic E-state index is 0.0633. The summed E-state index contributed by atoms with van der Waals surface area (Å²) in [7, 11) is 1.50. The predicted octanol–water partition coefficient (Wildman–Crippen LogP) is 2.21. The minimum atomic E-state index is -1.40. The van der Waals surface area contributed by atoms with Crippen LogP contribution in [0, 0.1) is 0 Å². The van der Waals surface area contributed by atoms with Crippen LogP contribution < -0.4 is 15.1 Å². The van der Waals surface area contributed by atoms with Gasteiger partial charge in [0.2, 0.25) is 5.75 Å². The van der Waals surface area contributed by atoms with Gasteiger partial charge in [-0.05, 0) is 39.8 Å². The highest BCUT2D eigenvalue weighted by atomic mass is 16.5. The second-order valence-corrected chi connectivity index (χ2v) is 8.43. The van der Waals surface area contributed by atoms with Crippen LogP contribution in [0.25, 0.3) is 21.9 Å². The normalized spacial score (nSPS) is 14.7. The summed E-state index contributed by atoms with van der Waals surface area (Å²) in [6.07, 6.45) is -0.725. The van der Waals surface area contributed by atoms with Gasteiger partial charge in [0.1, 0.15) is 31.2 Å². The van der Waals surface area contributed by atoms with Crippen molar-refractivity contribution >= 4 is 21.9 Å². The lowest BCUT2D eigenvalue weighted by Gasteiger charge is -2.29. The molecule has 0 saturated carbocycles. The number of aliphatic hydroxyl groups is 3. The number of hydrogen-bond donors (Lipinski definition) is 3. The average molecular weight is 436 g/mol. The number of aliphatic hydroxyl groups excluding tert-OH is 2. The van der Waals surface area contributed by atoms with E-state index in [9.17, 15) is 20.1 Å². The summed E-state index contributed by atoms with van der Waals surface area (Å²) in [5, 5.41) is 31.5. The first kappa shape index (κ1) is 23.1. The molecule has 1 aromatic carbocycles. The molecule has 2 aromatic heterocycles. The standard InChI is InChI=1S/C22H28O9/c1-21(2,26)14(23)10-30-20-18-13(8-9-28-18)17(12-6-7-16(25)31-19(12)20)29-11-15(24)22(3,4)27-5/h6-9,14-15,23-24,26H,10-11H2,1-5H3. The second-order valence-electron chi connectivity index (χ2n) is 8.43. The molecule has 2 atom stereocenters. The van der Waals surface area contributed by atoms with E-state index in [1.807, 2.05) is 0 Å². The zero-order chi connectivity index (χ0) is 23.0. The third kappa shape index (κ3) is 4.69. The lowest BCUT2D eigenvalue weighted by molar-refractivity contribution is -0.0912. The summed E-state index contributed by atoms with van der Waals surface area (Å²) in [4.78, 5) is 11.9. The van der Waals surface area contributed by atoms with Crippen molar-refractivity contribution in [2.45, 2.75) is 51.1 Å². The molecule has 31 heavy (non-hydrogen) atoms. The first-order valence-electron chi connectivity index (χ1n) is 9.82. The molecule has 0 amide bonds. The molecule has 3 rings (SSSR count). The Hall–Kier alpha value is -2.59. The topological polar surface area (TPSA) is 132 Å². The van der Waals surface area contributed by atoms with E-state index in [0.717, 1.165) is 0 Å². The molecule has 170 valence electrons. The number of ether oxygens (including phenoxy) is 3. The number of rotatable bonds is 9. The zero-order valence-electron chi connectivity index (χ0n) is 18.2. The first-order chi connectivity index (χ1) is 14.5. The lowest BCUT2D eigenvalue weighted by Crippen LogP contribution is -2.42. The summed E-state index contributed by atoms with van der Waals surface area (Å²) >= 11 is 0. The van der Waals surface area contributed by atoms with Crippen molar-refractivity contribution in [3.63, 3.8) is 0 Å². The second kappa shape index (κ2) is 8.51. The molecular weight excluding hydrogens is 408 g/mol. The SMILES string of the molecule is COC(C)(C)C(O)COc1c2ccoc2c(OCC(O)C(C)(C)O)c2oc(=O)ccc12. The van der Waals surface area contributed by atoms with E-state index in [4.69, 9.17) is 23.0 Å². The van der Waals surface area contributed by atoms with Crippen LogP contribution in [-0.2, 0) is 4.74 Å². The van der Waals surface area contributed by atoms with E-state index >= 15 is 0 Å². The number of hydrogen-bond acceptors (Lipinski definition) is 9. The summed E-state index contributed by atoms with van der Waals surface area (Å²) in [5.41, 5.74) is -2.55. The molecule has 9 nitrogen and oxygen atoms in total. The molecule has 0 saturated heterocycles. The molecule has 0 spiro atoms. The minimum Gasteiger partial charge on any atom is -0.489 e. The van der Waals surface area contributed by atoms with Gasteiger partial charge in [-0.1, -0.05) is 0 Å². The molecule has 0 radical (unpaired) electrons. The summed E-state index contributed by atoms with van der Waals surface area (Å²) < 4.78 is 27.9. The molecule has 2 heterocycles. The van der Waals surface area contributed by atoms with E-state index < -0.39 is 29.0 Å². The Morgan fingerprint density at radius 1 is 0.935 bits per heavy atom. The summed E-state index contributed by atoms with van der Waals surface area (Å²) in [5.74, 6) is 0.435. The predicted molar refractivity (Wildman–Crippen MR) is 113 cm³/mol. The van der Waals surface area contributed by atoms with Crippen molar-refractivity contribution in [2.24, 2.45) is 0 Å². The van der Waals surface area contributed by atoms with E-state index in [1.165, 1.54) is 39.4 Å².